The highest BCUT2D eigenvalue weighted by atomic mass is 19.4. The third kappa shape index (κ3) is 5.44. The molecule has 5 nitrogen and oxygen atoms in total. The summed E-state index contributed by atoms with van der Waals surface area (Å²) in [6, 6.07) is 12.0. The number of rotatable bonds is 9. The number of halogens is 5. The van der Waals surface area contributed by atoms with Crippen molar-refractivity contribution in [3.05, 3.63) is 83.5 Å². The first-order chi connectivity index (χ1) is 18.0. The van der Waals surface area contributed by atoms with Gasteiger partial charge in [0.05, 0.1) is 31.1 Å². The number of hydrogen-bond acceptors (Lipinski definition) is 4. The summed E-state index contributed by atoms with van der Waals surface area (Å²) in [5.74, 6) is -2.67. The number of ether oxygens (including phenoxy) is 1. The largest absolute Gasteiger partial charge is 0.497 e. The van der Waals surface area contributed by atoms with Gasteiger partial charge in [-0.25, -0.2) is 9.50 Å². The van der Waals surface area contributed by atoms with Crippen LogP contribution in [0.3, 0.4) is 0 Å². The van der Waals surface area contributed by atoms with Crippen molar-refractivity contribution in [3.63, 3.8) is 0 Å². The van der Waals surface area contributed by atoms with Crippen molar-refractivity contribution in [2.24, 2.45) is 5.92 Å². The topological polar surface area (TPSA) is 51.5 Å². The van der Waals surface area contributed by atoms with Crippen LogP contribution < -0.4 is 10.1 Å². The smallest absolute Gasteiger partial charge is 0.390 e. The average molecular weight is 529 g/mol. The van der Waals surface area contributed by atoms with Crippen LogP contribution in [-0.4, -0.2) is 34.4 Å². The molecular weight excluding hydrogens is 503 g/mol. The minimum atomic E-state index is -4.40. The molecule has 2 aromatic heterocycles. The molecule has 1 fully saturated rings. The molecule has 0 unspecified atom stereocenters. The minimum absolute atomic E-state index is 0.0300. The zero-order chi connectivity index (χ0) is 27.1. The molecule has 2 aromatic carbocycles. The van der Waals surface area contributed by atoms with E-state index in [0.717, 1.165) is 30.0 Å². The van der Waals surface area contributed by atoms with E-state index in [0.29, 0.717) is 22.9 Å². The molecule has 0 saturated heterocycles. The number of hydrogen-bond donors (Lipinski definition) is 1. The van der Waals surface area contributed by atoms with Gasteiger partial charge in [0.1, 0.15) is 11.4 Å². The first-order valence-corrected chi connectivity index (χ1v) is 12.1. The van der Waals surface area contributed by atoms with E-state index in [1.165, 1.54) is 42.1 Å². The summed E-state index contributed by atoms with van der Waals surface area (Å²) in [4.78, 5) is 4.32. The molecule has 2 heterocycles. The Morgan fingerprint density at radius 3 is 2.42 bits per heavy atom. The van der Waals surface area contributed by atoms with Crippen molar-refractivity contribution in [1.29, 1.82) is 0 Å². The van der Waals surface area contributed by atoms with Gasteiger partial charge in [-0.3, -0.25) is 0 Å². The standard InChI is InChI=1S/C28H25F5N4O/c1-17-13-20(6-5-19(17)14-18-3-4-18)24-16-35-26-23(34-12-11-27(29,30)31)15-25(36-37(24)26)28(32,33)21-7-9-22(38-2)10-8-21/h5-10,13,15-16,18,34H,3-4,11-12H2,1-2H3. The van der Waals surface area contributed by atoms with Crippen LogP contribution in [0.25, 0.3) is 16.9 Å². The Hall–Kier alpha value is -3.69. The van der Waals surface area contributed by atoms with Gasteiger partial charge in [0.2, 0.25) is 0 Å². The van der Waals surface area contributed by atoms with Crippen molar-refractivity contribution >= 4 is 11.3 Å². The highest BCUT2D eigenvalue weighted by Gasteiger charge is 2.37. The summed E-state index contributed by atoms with van der Waals surface area (Å²) in [6.07, 6.45) is 1.63. The van der Waals surface area contributed by atoms with Gasteiger partial charge in [-0.05, 0) is 73.2 Å². The Bertz CT molecular complexity index is 1440. The van der Waals surface area contributed by atoms with Crippen LogP contribution >= 0.6 is 0 Å². The molecule has 0 aliphatic heterocycles. The van der Waals surface area contributed by atoms with Crippen molar-refractivity contribution in [2.75, 3.05) is 19.0 Å². The van der Waals surface area contributed by atoms with Crippen LogP contribution in [0.5, 0.6) is 5.75 Å². The lowest BCUT2D eigenvalue weighted by molar-refractivity contribution is -0.131. The first kappa shape index (κ1) is 25.9. The lowest BCUT2D eigenvalue weighted by Gasteiger charge is -2.19. The fourth-order valence-electron chi connectivity index (χ4n) is 4.17. The number of fused-ring (bicyclic) bond motifs is 1. The molecule has 10 heteroatoms. The number of aromatic nitrogens is 3. The van der Waals surface area contributed by atoms with E-state index in [9.17, 15) is 13.2 Å². The van der Waals surface area contributed by atoms with Crippen molar-refractivity contribution in [1.82, 2.24) is 14.6 Å². The van der Waals surface area contributed by atoms with E-state index in [-0.39, 0.29) is 16.9 Å². The maximum Gasteiger partial charge on any atom is 0.390 e. The van der Waals surface area contributed by atoms with Gasteiger partial charge in [0, 0.05) is 24.1 Å². The highest BCUT2D eigenvalue weighted by molar-refractivity contribution is 5.73. The van der Waals surface area contributed by atoms with Crippen LogP contribution in [0.2, 0.25) is 0 Å². The summed E-state index contributed by atoms with van der Waals surface area (Å²) in [7, 11) is 1.43. The summed E-state index contributed by atoms with van der Waals surface area (Å²) >= 11 is 0. The minimum Gasteiger partial charge on any atom is -0.497 e. The van der Waals surface area contributed by atoms with Gasteiger partial charge in [-0.15, -0.1) is 0 Å². The fourth-order valence-corrected chi connectivity index (χ4v) is 4.17. The van der Waals surface area contributed by atoms with E-state index in [1.54, 1.807) is 0 Å². The number of imidazole rings is 1. The molecule has 5 rings (SSSR count). The molecule has 0 amide bonds. The second-order valence-corrected chi connectivity index (χ2v) is 9.37. The van der Waals surface area contributed by atoms with Gasteiger partial charge < -0.3 is 10.1 Å². The van der Waals surface area contributed by atoms with Crippen LogP contribution in [-0.2, 0) is 5.92 Å². The summed E-state index contributed by atoms with van der Waals surface area (Å²) < 4.78 is 76.0. The highest BCUT2D eigenvalue weighted by Crippen LogP contribution is 2.39. The second-order valence-electron chi connectivity index (χ2n) is 9.37. The maximum absolute atomic E-state index is 15.7. The molecule has 0 bridgehead atoms. The van der Waals surface area contributed by atoms with Gasteiger partial charge in [-0.2, -0.15) is 27.1 Å². The molecule has 1 aliphatic carbocycles. The Morgan fingerprint density at radius 2 is 1.79 bits per heavy atom. The van der Waals surface area contributed by atoms with E-state index in [4.69, 9.17) is 4.74 Å². The SMILES string of the molecule is COc1ccc(C(F)(F)c2cc(NCCC(F)(F)F)c3ncc(-c4ccc([C]C5CC5)c(C)c4)n3n2)cc1. The maximum atomic E-state index is 15.7. The molecule has 1 saturated carbocycles. The lowest BCUT2D eigenvalue weighted by atomic mass is 9.99. The van der Waals surface area contributed by atoms with Crippen molar-refractivity contribution < 1.29 is 26.7 Å². The number of aryl methyl sites for hydroxylation is 1. The molecule has 38 heavy (non-hydrogen) atoms. The molecule has 0 spiro atoms. The Labute approximate surface area is 216 Å². The molecule has 2 radical (unpaired) electrons. The first-order valence-electron chi connectivity index (χ1n) is 12.1. The third-order valence-corrected chi connectivity index (χ3v) is 6.42. The van der Waals surface area contributed by atoms with Gasteiger partial charge in [0.15, 0.2) is 5.65 Å². The normalized spacial score (nSPS) is 14.2. The second kappa shape index (κ2) is 9.89. The van der Waals surface area contributed by atoms with E-state index in [2.05, 4.69) is 21.8 Å². The van der Waals surface area contributed by atoms with Crippen LogP contribution in [0.4, 0.5) is 27.6 Å². The summed E-state index contributed by atoms with van der Waals surface area (Å²) in [5, 5.41) is 6.86. The molecule has 4 aromatic rings. The predicted octanol–water partition coefficient (Wildman–Crippen LogP) is 7.06. The summed E-state index contributed by atoms with van der Waals surface area (Å²) in [5.41, 5.74) is 2.29. The van der Waals surface area contributed by atoms with Gasteiger partial charge in [-0.1, -0.05) is 12.1 Å². The number of anilines is 1. The third-order valence-electron chi connectivity index (χ3n) is 6.42. The number of alkyl halides is 5. The van der Waals surface area contributed by atoms with Gasteiger partial charge in [0.25, 0.3) is 0 Å². The van der Waals surface area contributed by atoms with E-state index < -0.39 is 30.8 Å². The van der Waals surface area contributed by atoms with Gasteiger partial charge >= 0.3 is 12.1 Å². The predicted molar refractivity (Wildman–Crippen MR) is 133 cm³/mol. The monoisotopic (exact) mass is 528 g/mol. The Kier molecular flexibility index (Phi) is 6.75. The zero-order valence-electron chi connectivity index (χ0n) is 20.7. The number of nitrogens with one attached hydrogen (secondary N) is 1. The molecule has 0 atom stereocenters. The Balaban J connectivity index is 1.58. The van der Waals surface area contributed by atoms with Crippen LogP contribution in [0.15, 0.2) is 54.7 Å². The van der Waals surface area contributed by atoms with Crippen LogP contribution in [0, 0.1) is 19.3 Å². The molecule has 1 aliphatic rings. The molecular formula is C28H25F5N4O. The van der Waals surface area contributed by atoms with E-state index in [1.807, 2.05) is 25.1 Å². The van der Waals surface area contributed by atoms with Crippen molar-refractivity contribution in [2.45, 2.75) is 38.3 Å². The number of benzene rings is 2. The van der Waals surface area contributed by atoms with Crippen molar-refractivity contribution in [3.8, 4) is 17.0 Å². The number of methoxy groups -OCH3 is 1. The molecule has 1 N–H and O–H groups in total. The van der Waals surface area contributed by atoms with Crippen LogP contribution in [0.1, 0.15) is 41.6 Å². The quantitative estimate of drug-likeness (QED) is 0.237. The van der Waals surface area contributed by atoms with E-state index >= 15 is 8.78 Å². The lowest BCUT2D eigenvalue weighted by Crippen LogP contribution is -2.20. The number of nitrogens with zero attached hydrogens (tertiary/aromatic N) is 3. The fraction of sp³-hybridized carbons (Fsp3) is 0.321. The molecule has 198 valence electrons. The zero-order valence-corrected chi connectivity index (χ0v) is 20.7. The Morgan fingerprint density at radius 1 is 1.05 bits per heavy atom. The summed E-state index contributed by atoms with van der Waals surface area (Å²) in [6.45, 7) is 1.44. The average Bonchev–Trinajstić information content (AvgIpc) is 3.59.